The zero-order valence-corrected chi connectivity index (χ0v) is 8.21. The van der Waals surface area contributed by atoms with E-state index >= 15 is 0 Å². The Hall–Kier alpha value is -0.160. The Morgan fingerprint density at radius 3 is 2.31 bits per heavy atom. The molecule has 4 nitrogen and oxygen atoms in total. The monoisotopic (exact) mass is 190 g/mol. The zero-order chi connectivity index (χ0) is 9.94. The van der Waals surface area contributed by atoms with Gasteiger partial charge >= 0.3 is 0 Å². The van der Waals surface area contributed by atoms with Gasteiger partial charge in [0.15, 0.2) is 6.29 Å². The van der Waals surface area contributed by atoms with Crippen LogP contribution >= 0.6 is 0 Å². The highest BCUT2D eigenvalue weighted by Crippen LogP contribution is 2.00. The molecule has 0 aliphatic heterocycles. The highest BCUT2D eigenvalue weighted by atomic mass is 16.5. The Labute approximate surface area is 80.1 Å². The van der Waals surface area contributed by atoms with Gasteiger partial charge < -0.3 is 21.3 Å². The second kappa shape index (κ2) is 9.92. The molecule has 0 spiro atoms. The molecule has 0 heterocycles. The minimum atomic E-state index is -1.13. The molecule has 0 aliphatic carbocycles. The lowest BCUT2D eigenvalue weighted by Gasteiger charge is -2.04. The Balaban J connectivity index is 2.84. The molecule has 0 aromatic carbocycles. The third kappa shape index (κ3) is 11.8. The molecule has 0 aromatic rings. The molecular weight excluding hydrogens is 168 g/mol. The molecule has 4 heteroatoms. The van der Waals surface area contributed by atoms with Crippen molar-refractivity contribution >= 4 is 0 Å². The second-order valence-electron chi connectivity index (χ2n) is 3.22. The van der Waals surface area contributed by atoms with E-state index in [1.165, 1.54) is 0 Å². The minimum Gasteiger partial charge on any atom is -0.368 e. The van der Waals surface area contributed by atoms with Crippen molar-refractivity contribution in [1.82, 2.24) is 5.32 Å². The minimum absolute atomic E-state index is 0.489. The number of rotatable bonds is 9. The van der Waals surface area contributed by atoms with Gasteiger partial charge in [0.2, 0.25) is 0 Å². The average Bonchev–Trinajstić information content (AvgIpc) is 2.09. The molecule has 0 rings (SSSR count). The van der Waals surface area contributed by atoms with E-state index < -0.39 is 6.29 Å². The van der Waals surface area contributed by atoms with Crippen molar-refractivity contribution in [3.63, 3.8) is 0 Å². The fourth-order valence-electron chi connectivity index (χ4n) is 1.11. The lowest BCUT2D eigenvalue weighted by atomic mass is 10.2. The Morgan fingerprint density at radius 2 is 1.69 bits per heavy atom. The van der Waals surface area contributed by atoms with Crippen molar-refractivity contribution < 1.29 is 10.2 Å². The first-order chi connectivity index (χ1) is 6.27. The zero-order valence-electron chi connectivity index (χ0n) is 8.21. The third-order valence-corrected chi connectivity index (χ3v) is 1.87. The van der Waals surface area contributed by atoms with Crippen LogP contribution in [0.1, 0.15) is 32.1 Å². The second-order valence-corrected chi connectivity index (χ2v) is 3.22. The van der Waals surface area contributed by atoms with E-state index in [-0.39, 0.29) is 0 Å². The molecule has 0 aliphatic rings. The highest BCUT2D eigenvalue weighted by molar-refractivity contribution is 4.50. The van der Waals surface area contributed by atoms with Crippen LogP contribution in [0.15, 0.2) is 0 Å². The van der Waals surface area contributed by atoms with Crippen molar-refractivity contribution in [3.05, 3.63) is 0 Å². The summed E-state index contributed by atoms with van der Waals surface area (Å²) in [6.45, 7) is 2.73. The van der Waals surface area contributed by atoms with Crippen LogP contribution in [-0.4, -0.2) is 36.1 Å². The fraction of sp³-hybridized carbons (Fsp3) is 1.00. The number of hydrogen-bond donors (Lipinski definition) is 4. The number of nitrogens with two attached hydrogens (primary N) is 1. The van der Waals surface area contributed by atoms with Crippen LogP contribution in [0.5, 0.6) is 0 Å². The summed E-state index contributed by atoms with van der Waals surface area (Å²) in [6.07, 6.45) is 3.41. The first-order valence-corrected chi connectivity index (χ1v) is 5.04. The van der Waals surface area contributed by atoms with Crippen LogP contribution in [0.4, 0.5) is 0 Å². The third-order valence-electron chi connectivity index (χ3n) is 1.87. The molecule has 0 amide bonds. The van der Waals surface area contributed by atoms with E-state index in [0.717, 1.165) is 45.3 Å². The summed E-state index contributed by atoms with van der Waals surface area (Å²) < 4.78 is 0. The standard InChI is InChI=1S/C9H22N2O2/c10-6-4-8-11-7-3-1-2-5-9(12)13/h9,11-13H,1-8,10H2. The number of nitrogens with one attached hydrogen (secondary N) is 1. The molecular formula is C9H22N2O2. The Morgan fingerprint density at radius 1 is 1.00 bits per heavy atom. The molecule has 0 radical (unpaired) electrons. The van der Waals surface area contributed by atoms with Crippen molar-refractivity contribution in [2.45, 2.75) is 38.4 Å². The van der Waals surface area contributed by atoms with Gasteiger partial charge in [-0.3, -0.25) is 0 Å². The van der Waals surface area contributed by atoms with Crippen LogP contribution < -0.4 is 11.1 Å². The van der Waals surface area contributed by atoms with E-state index in [4.69, 9.17) is 15.9 Å². The van der Waals surface area contributed by atoms with Gasteiger partial charge in [0, 0.05) is 0 Å². The smallest absolute Gasteiger partial charge is 0.151 e. The summed E-state index contributed by atoms with van der Waals surface area (Å²) in [7, 11) is 0. The summed E-state index contributed by atoms with van der Waals surface area (Å²) in [5.41, 5.74) is 5.33. The number of aliphatic hydroxyl groups excluding tert-OH is 1. The van der Waals surface area contributed by atoms with Crippen LogP contribution in [0.25, 0.3) is 0 Å². The predicted molar refractivity (Wildman–Crippen MR) is 53.2 cm³/mol. The van der Waals surface area contributed by atoms with Gasteiger partial charge in [-0.25, -0.2) is 0 Å². The van der Waals surface area contributed by atoms with Crippen molar-refractivity contribution in [2.24, 2.45) is 5.73 Å². The molecule has 5 N–H and O–H groups in total. The number of hydrogen-bond acceptors (Lipinski definition) is 4. The largest absolute Gasteiger partial charge is 0.368 e. The van der Waals surface area contributed by atoms with Gasteiger partial charge in [-0.1, -0.05) is 6.42 Å². The van der Waals surface area contributed by atoms with E-state index in [0.29, 0.717) is 6.42 Å². The average molecular weight is 190 g/mol. The summed E-state index contributed by atoms with van der Waals surface area (Å²) in [5.74, 6) is 0. The van der Waals surface area contributed by atoms with Crippen LogP contribution in [-0.2, 0) is 0 Å². The lowest BCUT2D eigenvalue weighted by Crippen LogP contribution is -2.19. The van der Waals surface area contributed by atoms with Gasteiger partial charge in [-0.2, -0.15) is 0 Å². The maximum absolute atomic E-state index is 8.55. The molecule has 80 valence electrons. The van der Waals surface area contributed by atoms with Gasteiger partial charge in [0.05, 0.1) is 0 Å². The van der Waals surface area contributed by atoms with Crippen molar-refractivity contribution in [1.29, 1.82) is 0 Å². The molecule has 0 aromatic heterocycles. The van der Waals surface area contributed by atoms with Crippen LogP contribution in [0.2, 0.25) is 0 Å². The molecule has 0 bridgehead atoms. The summed E-state index contributed by atoms with van der Waals surface area (Å²) in [5, 5.41) is 20.4. The maximum Gasteiger partial charge on any atom is 0.151 e. The summed E-state index contributed by atoms with van der Waals surface area (Å²) in [6, 6.07) is 0. The highest BCUT2D eigenvalue weighted by Gasteiger charge is 1.96. The van der Waals surface area contributed by atoms with E-state index in [1.807, 2.05) is 0 Å². The van der Waals surface area contributed by atoms with Gasteiger partial charge in [-0.05, 0) is 45.3 Å². The molecule has 0 saturated heterocycles. The van der Waals surface area contributed by atoms with Crippen LogP contribution in [0, 0.1) is 0 Å². The van der Waals surface area contributed by atoms with Crippen LogP contribution in [0.3, 0.4) is 0 Å². The van der Waals surface area contributed by atoms with E-state index in [2.05, 4.69) is 5.32 Å². The SMILES string of the molecule is NCCCNCCCCCC(O)O. The number of unbranched alkanes of at least 4 members (excludes halogenated alkanes) is 2. The van der Waals surface area contributed by atoms with Gasteiger partial charge in [0.25, 0.3) is 0 Å². The van der Waals surface area contributed by atoms with Gasteiger partial charge in [-0.15, -0.1) is 0 Å². The maximum atomic E-state index is 8.55. The molecule has 0 saturated carbocycles. The topological polar surface area (TPSA) is 78.5 Å². The lowest BCUT2D eigenvalue weighted by molar-refractivity contribution is -0.0465. The van der Waals surface area contributed by atoms with E-state index in [1.54, 1.807) is 0 Å². The first-order valence-electron chi connectivity index (χ1n) is 5.04. The van der Waals surface area contributed by atoms with Crippen molar-refractivity contribution in [3.8, 4) is 0 Å². The van der Waals surface area contributed by atoms with Crippen molar-refractivity contribution in [2.75, 3.05) is 19.6 Å². The fourth-order valence-corrected chi connectivity index (χ4v) is 1.11. The Bertz CT molecular complexity index is 99.6. The predicted octanol–water partition coefficient (Wildman–Crippen LogP) is -0.204. The Kier molecular flexibility index (Phi) is 9.80. The first kappa shape index (κ1) is 12.8. The summed E-state index contributed by atoms with van der Waals surface area (Å²) in [4.78, 5) is 0. The normalized spacial score (nSPS) is 11.1. The molecule has 0 atom stereocenters. The summed E-state index contributed by atoms with van der Waals surface area (Å²) >= 11 is 0. The van der Waals surface area contributed by atoms with Gasteiger partial charge in [0.1, 0.15) is 0 Å². The molecule has 0 fully saturated rings. The number of aliphatic hydroxyl groups is 2. The molecule has 0 unspecified atom stereocenters. The molecule has 13 heavy (non-hydrogen) atoms. The van der Waals surface area contributed by atoms with E-state index in [9.17, 15) is 0 Å². The quantitative estimate of drug-likeness (QED) is 0.300.